The molecule has 144 valence electrons. The second-order valence-electron chi connectivity index (χ2n) is 5.31. The van der Waals surface area contributed by atoms with Crippen molar-refractivity contribution >= 4 is 28.3 Å². The van der Waals surface area contributed by atoms with Gasteiger partial charge in [0.15, 0.2) is 0 Å². The van der Waals surface area contributed by atoms with Gasteiger partial charge in [0, 0.05) is 18.7 Å². The summed E-state index contributed by atoms with van der Waals surface area (Å²) in [6.45, 7) is 3.82. The smallest absolute Gasteiger partial charge is 0.277 e. The standard InChI is InChI=1S/C15H23F2N3O3S.ClH/c1-4-20(5-2)24(22,23)13-8-12(7-6-11(13)3)14(21)19-10-15(16,17)9-18;/h6-8H,4-5,9-10,18H2,1-3H3,(H,19,21);1H. The first-order chi connectivity index (χ1) is 11.1. The fourth-order valence-corrected chi connectivity index (χ4v) is 3.81. The lowest BCUT2D eigenvalue weighted by Gasteiger charge is -2.20. The highest BCUT2D eigenvalue weighted by molar-refractivity contribution is 7.89. The maximum Gasteiger partial charge on any atom is 0.277 e. The first kappa shape index (κ1) is 23.7. The summed E-state index contributed by atoms with van der Waals surface area (Å²) < 4.78 is 52.7. The minimum absolute atomic E-state index is 0. The molecule has 0 saturated heterocycles. The molecule has 0 aliphatic carbocycles. The van der Waals surface area contributed by atoms with Crippen LogP contribution >= 0.6 is 12.4 Å². The van der Waals surface area contributed by atoms with Gasteiger partial charge in [-0.15, -0.1) is 12.4 Å². The average Bonchev–Trinajstić information content (AvgIpc) is 2.53. The highest BCUT2D eigenvalue weighted by Crippen LogP contribution is 2.21. The number of halogens is 3. The van der Waals surface area contributed by atoms with E-state index in [-0.39, 0.29) is 36.0 Å². The summed E-state index contributed by atoms with van der Waals surface area (Å²) in [5.41, 5.74) is 5.39. The summed E-state index contributed by atoms with van der Waals surface area (Å²) in [6, 6.07) is 4.08. The van der Waals surface area contributed by atoms with E-state index in [1.54, 1.807) is 20.8 Å². The number of sulfonamides is 1. The van der Waals surface area contributed by atoms with E-state index in [2.05, 4.69) is 5.32 Å². The minimum atomic E-state index is -3.75. The van der Waals surface area contributed by atoms with Crippen LogP contribution in [0.4, 0.5) is 8.78 Å². The van der Waals surface area contributed by atoms with Gasteiger partial charge in [0.1, 0.15) is 0 Å². The Morgan fingerprint density at radius 2 is 1.84 bits per heavy atom. The van der Waals surface area contributed by atoms with Gasteiger partial charge in [0.2, 0.25) is 10.0 Å². The van der Waals surface area contributed by atoms with Crippen LogP contribution < -0.4 is 11.1 Å². The molecule has 0 aromatic heterocycles. The molecular formula is C15H24ClF2N3O3S. The summed E-state index contributed by atoms with van der Waals surface area (Å²) in [5.74, 6) is -3.99. The summed E-state index contributed by atoms with van der Waals surface area (Å²) in [4.78, 5) is 12.0. The van der Waals surface area contributed by atoms with Crippen molar-refractivity contribution in [2.24, 2.45) is 5.73 Å². The molecule has 3 N–H and O–H groups in total. The fraction of sp³-hybridized carbons (Fsp3) is 0.533. The molecule has 0 unspecified atom stereocenters. The molecule has 0 radical (unpaired) electrons. The molecule has 0 aliphatic heterocycles. The topological polar surface area (TPSA) is 92.5 Å². The molecule has 1 aromatic carbocycles. The van der Waals surface area contributed by atoms with Gasteiger partial charge < -0.3 is 11.1 Å². The van der Waals surface area contributed by atoms with E-state index >= 15 is 0 Å². The summed E-state index contributed by atoms with van der Waals surface area (Å²) >= 11 is 0. The molecule has 1 amide bonds. The molecule has 0 spiro atoms. The molecule has 1 aromatic rings. The molecule has 0 bridgehead atoms. The lowest BCUT2D eigenvalue weighted by Crippen LogP contribution is -2.41. The number of carbonyl (C=O) groups is 1. The van der Waals surface area contributed by atoms with E-state index in [9.17, 15) is 22.0 Å². The molecule has 25 heavy (non-hydrogen) atoms. The van der Waals surface area contributed by atoms with Gasteiger partial charge in [0.05, 0.1) is 18.0 Å². The number of alkyl halides is 2. The molecule has 10 heteroatoms. The zero-order chi connectivity index (χ0) is 18.5. The predicted octanol–water partition coefficient (Wildman–Crippen LogP) is 1.77. The maximum atomic E-state index is 13.1. The highest BCUT2D eigenvalue weighted by atomic mass is 35.5. The number of nitrogens with two attached hydrogens (primary N) is 1. The van der Waals surface area contributed by atoms with Crippen LogP contribution in [-0.4, -0.2) is 50.7 Å². The van der Waals surface area contributed by atoms with Crippen LogP contribution in [0.2, 0.25) is 0 Å². The average molecular weight is 400 g/mol. The van der Waals surface area contributed by atoms with Crippen LogP contribution in [0.25, 0.3) is 0 Å². The Kier molecular flexibility index (Phi) is 8.93. The van der Waals surface area contributed by atoms with Gasteiger partial charge >= 0.3 is 0 Å². The zero-order valence-electron chi connectivity index (χ0n) is 14.4. The second kappa shape index (κ2) is 9.42. The van der Waals surface area contributed by atoms with Gasteiger partial charge in [0.25, 0.3) is 11.8 Å². The molecule has 0 fully saturated rings. The Bertz CT molecular complexity index is 695. The number of carbonyl (C=O) groups excluding carboxylic acids is 1. The van der Waals surface area contributed by atoms with Crippen LogP contribution in [0, 0.1) is 6.92 Å². The van der Waals surface area contributed by atoms with Crippen molar-refractivity contribution in [3.63, 3.8) is 0 Å². The third-order valence-electron chi connectivity index (χ3n) is 3.58. The number of aryl methyl sites for hydroxylation is 1. The van der Waals surface area contributed by atoms with Crippen molar-refractivity contribution in [1.82, 2.24) is 9.62 Å². The third-order valence-corrected chi connectivity index (χ3v) is 5.77. The number of nitrogens with one attached hydrogen (secondary N) is 1. The Labute approximate surface area is 153 Å². The summed E-state index contributed by atoms with van der Waals surface area (Å²) in [5, 5.41) is 2.07. The Balaban J connectivity index is 0.00000576. The number of amides is 1. The van der Waals surface area contributed by atoms with E-state index in [0.29, 0.717) is 5.56 Å². The minimum Gasteiger partial charge on any atom is -0.346 e. The van der Waals surface area contributed by atoms with Crippen LogP contribution in [0.1, 0.15) is 29.8 Å². The van der Waals surface area contributed by atoms with Gasteiger partial charge in [-0.3, -0.25) is 4.79 Å². The van der Waals surface area contributed by atoms with E-state index in [4.69, 9.17) is 5.73 Å². The normalized spacial score (nSPS) is 12.0. The monoisotopic (exact) mass is 399 g/mol. The van der Waals surface area contributed by atoms with Gasteiger partial charge in [-0.25, -0.2) is 17.2 Å². The van der Waals surface area contributed by atoms with Crippen molar-refractivity contribution in [1.29, 1.82) is 0 Å². The Morgan fingerprint density at radius 1 is 1.28 bits per heavy atom. The number of nitrogens with zero attached hydrogens (tertiary/aromatic N) is 1. The lowest BCUT2D eigenvalue weighted by molar-refractivity contribution is 0.0118. The van der Waals surface area contributed by atoms with Crippen LogP contribution in [0.5, 0.6) is 0 Å². The van der Waals surface area contributed by atoms with Gasteiger partial charge in [-0.05, 0) is 24.6 Å². The van der Waals surface area contributed by atoms with E-state index in [0.717, 1.165) is 0 Å². The lowest BCUT2D eigenvalue weighted by atomic mass is 10.1. The quantitative estimate of drug-likeness (QED) is 0.696. The molecule has 0 aliphatic rings. The molecule has 6 nitrogen and oxygen atoms in total. The zero-order valence-corrected chi connectivity index (χ0v) is 16.0. The predicted molar refractivity (Wildman–Crippen MR) is 94.9 cm³/mol. The van der Waals surface area contributed by atoms with Crippen LogP contribution in [0.15, 0.2) is 23.1 Å². The fourth-order valence-electron chi connectivity index (χ4n) is 2.11. The van der Waals surface area contributed by atoms with Gasteiger partial charge in [-0.2, -0.15) is 4.31 Å². The molecule has 0 heterocycles. The number of hydrogen-bond donors (Lipinski definition) is 2. The first-order valence-electron chi connectivity index (χ1n) is 7.56. The maximum absolute atomic E-state index is 13.1. The Hall–Kier alpha value is -1.29. The molecule has 0 atom stereocenters. The Morgan fingerprint density at radius 3 is 2.32 bits per heavy atom. The number of benzene rings is 1. The van der Waals surface area contributed by atoms with Crippen molar-refractivity contribution in [2.45, 2.75) is 31.6 Å². The van der Waals surface area contributed by atoms with Crippen molar-refractivity contribution in [3.05, 3.63) is 29.3 Å². The SMILES string of the molecule is CCN(CC)S(=O)(=O)c1cc(C(=O)NCC(F)(F)CN)ccc1C.Cl. The molecule has 0 saturated carbocycles. The largest absolute Gasteiger partial charge is 0.346 e. The molecular weight excluding hydrogens is 376 g/mol. The first-order valence-corrected chi connectivity index (χ1v) is 9.00. The summed E-state index contributed by atoms with van der Waals surface area (Å²) in [7, 11) is -3.75. The van der Waals surface area contributed by atoms with E-state index in [1.807, 2.05) is 0 Å². The van der Waals surface area contributed by atoms with E-state index < -0.39 is 34.9 Å². The summed E-state index contributed by atoms with van der Waals surface area (Å²) in [6.07, 6.45) is 0. The molecule has 1 rings (SSSR count). The second-order valence-corrected chi connectivity index (χ2v) is 7.22. The van der Waals surface area contributed by atoms with Crippen molar-refractivity contribution in [2.75, 3.05) is 26.2 Å². The third kappa shape index (κ3) is 5.88. The van der Waals surface area contributed by atoms with Crippen LogP contribution in [0.3, 0.4) is 0 Å². The highest BCUT2D eigenvalue weighted by Gasteiger charge is 2.28. The van der Waals surface area contributed by atoms with Crippen molar-refractivity contribution in [3.8, 4) is 0 Å². The van der Waals surface area contributed by atoms with Gasteiger partial charge in [-0.1, -0.05) is 19.9 Å². The van der Waals surface area contributed by atoms with E-state index in [1.165, 1.54) is 22.5 Å². The van der Waals surface area contributed by atoms with Crippen molar-refractivity contribution < 1.29 is 22.0 Å². The number of rotatable bonds is 8. The van der Waals surface area contributed by atoms with Crippen LogP contribution in [-0.2, 0) is 10.0 Å². The number of hydrogen-bond acceptors (Lipinski definition) is 4.